The highest BCUT2D eigenvalue weighted by Crippen LogP contribution is 2.54. The monoisotopic (exact) mass is 482 g/mol. The minimum atomic E-state index is -0.175. The standard InChI is InChI=1S/C29H38O2S2/c1-7-9-10-11-12-21-13-17-24-25(19-21)33-29(5,6)26(28(24,3)4)18-16-22-14-15-23(32-22)20-27(30)31-8-2/h13-15,17,19,26H,7-12,20H2,1-6H3. The number of thiophene rings is 1. The Morgan fingerprint density at radius 1 is 1.06 bits per heavy atom. The molecule has 1 aliphatic rings. The fraction of sp³-hybridized carbons (Fsp3) is 0.552. The molecule has 0 bridgehead atoms. The van der Waals surface area contributed by atoms with Gasteiger partial charge in [0.25, 0.3) is 0 Å². The summed E-state index contributed by atoms with van der Waals surface area (Å²) in [7, 11) is 0. The van der Waals surface area contributed by atoms with E-state index in [9.17, 15) is 4.79 Å². The Morgan fingerprint density at radius 3 is 2.58 bits per heavy atom. The minimum Gasteiger partial charge on any atom is -0.466 e. The first-order chi connectivity index (χ1) is 15.7. The van der Waals surface area contributed by atoms with Crippen LogP contribution in [0, 0.1) is 17.8 Å². The number of benzene rings is 1. The third-order valence-electron chi connectivity index (χ3n) is 6.47. The van der Waals surface area contributed by atoms with Crippen molar-refractivity contribution in [2.75, 3.05) is 6.61 Å². The van der Waals surface area contributed by atoms with E-state index in [1.165, 1.54) is 48.1 Å². The molecule has 1 aromatic heterocycles. The molecule has 0 N–H and O–H groups in total. The summed E-state index contributed by atoms with van der Waals surface area (Å²) in [6.45, 7) is 13.9. The van der Waals surface area contributed by atoms with Crippen molar-refractivity contribution < 1.29 is 9.53 Å². The number of hydrogen-bond acceptors (Lipinski definition) is 4. The number of fused-ring (bicyclic) bond motifs is 1. The summed E-state index contributed by atoms with van der Waals surface area (Å²) in [5.41, 5.74) is 2.84. The summed E-state index contributed by atoms with van der Waals surface area (Å²) in [4.78, 5) is 15.2. The van der Waals surface area contributed by atoms with E-state index in [0.29, 0.717) is 13.0 Å². The molecule has 0 amide bonds. The summed E-state index contributed by atoms with van der Waals surface area (Å²) >= 11 is 3.57. The number of unbranched alkanes of at least 4 members (excludes halogenated alkanes) is 3. The number of thioether (sulfide) groups is 1. The molecule has 0 saturated heterocycles. The molecule has 0 radical (unpaired) electrons. The van der Waals surface area contributed by atoms with Gasteiger partial charge in [0.2, 0.25) is 0 Å². The number of esters is 1. The molecule has 33 heavy (non-hydrogen) atoms. The molecule has 1 aliphatic heterocycles. The minimum absolute atomic E-state index is 0.00928. The smallest absolute Gasteiger partial charge is 0.311 e. The van der Waals surface area contributed by atoms with Crippen LogP contribution in [0.5, 0.6) is 0 Å². The van der Waals surface area contributed by atoms with Crippen molar-refractivity contribution in [2.45, 2.75) is 95.1 Å². The Balaban J connectivity index is 1.79. The molecule has 1 unspecified atom stereocenters. The van der Waals surface area contributed by atoms with Crippen molar-refractivity contribution in [3.63, 3.8) is 0 Å². The van der Waals surface area contributed by atoms with Crippen LogP contribution in [-0.2, 0) is 27.8 Å². The topological polar surface area (TPSA) is 26.3 Å². The predicted octanol–water partition coefficient (Wildman–Crippen LogP) is 7.81. The summed E-state index contributed by atoms with van der Waals surface area (Å²) < 4.78 is 5.08. The third-order valence-corrected chi connectivity index (χ3v) is 8.79. The van der Waals surface area contributed by atoms with E-state index in [-0.39, 0.29) is 22.0 Å². The molecule has 2 nitrogen and oxygen atoms in total. The highest BCUT2D eigenvalue weighted by molar-refractivity contribution is 8.00. The second kappa shape index (κ2) is 11.2. The molecule has 0 spiro atoms. The molecule has 1 aromatic carbocycles. The lowest BCUT2D eigenvalue weighted by atomic mass is 9.68. The van der Waals surface area contributed by atoms with Crippen LogP contribution in [0.25, 0.3) is 0 Å². The maximum Gasteiger partial charge on any atom is 0.311 e. The van der Waals surface area contributed by atoms with Gasteiger partial charge in [-0.2, -0.15) is 0 Å². The molecule has 0 aliphatic carbocycles. The number of carbonyl (C=O) groups is 1. The zero-order valence-corrected chi connectivity index (χ0v) is 22.7. The van der Waals surface area contributed by atoms with E-state index < -0.39 is 0 Å². The molecule has 2 heterocycles. The average molecular weight is 483 g/mol. The van der Waals surface area contributed by atoms with Crippen LogP contribution >= 0.6 is 23.1 Å². The van der Waals surface area contributed by atoms with Crippen LogP contribution < -0.4 is 0 Å². The maximum absolute atomic E-state index is 11.8. The van der Waals surface area contributed by atoms with Crippen molar-refractivity contribution in [1.29, 1.82) is 0 Å². The molecular weight excluding hydrogens is 444 g/mol. The Labute approximate surface area is 208 Å². The number of rotatable bonds is 8. The van der Waals surface area contributed by atoms with Crippen molar-refractivity contribution in [1.82, 2.24) is 0 Å². The van der Waals surface area contributed by atoms with Crippen LogP contribution in [0.2, 0.25) is 0 Å². The first-order valence-corrected chi connectivity index (χ1v) is 13.9. The molecule has 2 aromatic rings. The predicted molar refractivity (Wildman–Crippen MR) is 142 cm³/mol. The van der Waals surface area contributed by atoms with Gasteiger partial charge in [-0.25, -0.2) is 0 Å². The fourth-order valence-electron chi connectivity index (χ4n) is 4.85. The van der Waals surface area contributed by atoms with Crippen molar-refractivity contribution in [2.24, 2.45) is 5.92 Å². The van der Waals surface area contributed by atoms with Crippen molar-refractivity contribution in [3.8, 4) is 11.8 Å². The molecule has 0 fully saturated rings. The van der Waals surface area contributed by atoms with Crippen LogP contribution in [-0.4, -0.2) is 17.3 Å². The van der Waals surface area contributed by atoms with Crippen LogP contribution in [0.15, 0.2) is 35.2 Å². The maximum atomic E-state index is 11.8. The Hall–Kier alpha value is -1.70. The second-order valence-electron chi connectivity index (χ2n) is 10.0. The van der Waals surface area contributed by atoms with Gasteiger partial charge < -0.3 is 4.74 Å². The van der Waals surface area contributed by atoms with Crippen LogP contribution in [0.4, 0.5) is 0 Å². The van der Waals surface area contributed by atoms with E-state index >= 15 is 0 Å². The normalized spacial score (nSPS) is 18.2. The SMILES string of the molecule is CCCCCCc1ccc2c(c1)SC(C)(C)C(C#Cc1ccc(CC(=O)OCC)s1)C2(C)C. The van der Waals surface area contributed by atoms with E-state index in [2.05, 4.69) is 64.7 Å². The van der Waals surface area contributed by atoms with Gasteiger partial charge in [0.15, 0.2) is 0 Å². The highest BCUT2D eigenvalue weighted by Gasteiger charge is 2.46. The zero-order chi connectivity index (χ0) is 24.1. The third kappa shape index (κ3) is 6.46. The molecule has 1 atom stereocenters. The van der Waals surface area contributed by atoms with Gasteiger partial charge in [-0.15, -0.1) is 23.1 Å². The molecule has 3 rings (SSSR count). The van der Waals surface area contributed by atoms with E-state index in [1.807, 2.05) is 30.8 Å². The largest absolute Gasteiger partial charge is 0.466 e. The van der Waals surface area contributed by atoms with E-state index in [4.69, 9.17) is 4.74 Å². The molecule has 178 valence electrons. The summed E-state index contributed by atoms with van der Waals surface area (Å²) in [5, 5.41) is 0. The van der Waals surface area contributed by atoms with Crippen LogP contribution in [0.3, 0.4) is 0 Å². The zero-order valence-electron chi connectivity index (χ0n) is 21.0. The lowest BCUT2D eigenvalue weighted by Gasteiger charge is -2.47. The van der Waals surface area contributed by atoms with Gasteiger partial charge >= 0.3 is 5.97 Å². The number of hydrogen-bond donors (Lipinski definition) is 0. The number of carbonyl (C=O) groups excluding carboxylic acids is 1. The Morgan fingerprint density at radius 2 is 1.85 bits per heavy atom. The summed E-state index contributed by atoms with van der Waals surface area (Å²) in [5.74, 6) is 7.12. The van der Waals surface area contributed by atoms with Gasteiger partial charge in [-0.3, -0.25) is 4.79 Å². The average Bonchev–Trinajstić information content (AvgIpc) is 3.17. The Bertz CT molecular complexity index is 1020. The quantitative estimate of drug-likeness (QED) is 0.218. The Kier molecular flexibility index (Phi) is 8.76. The number of ether oxygens (including phenoxy) is 1. The van der Waals surface area contributed by atoms with Crippen molar-refractivity contribution >= 4 is 29.1 Å². The summed E-state index contributed by atoms with van der Waals surface area (Å²) in [6, 6.07) is 11.1. The second-order valence-corrected chi connectivity index (χ2v) is 12.9. The van der Waals surface area contributed by atoms with E-state index in [0.717, 1.165) is 9.75 Å². The van der Waals surface area contributed by atoms with Crippen molar-refractivity contribution in [3.05, 3.63) is 51.2 Å². The molecule has 0 saturated carbocycles. The van der Waals surface area contributed by atoms with Gasteiger partial charge in [0.05, 0.1) is 17.9 Å². The summed E-state index contributed by atoms with van der Waals surface area (Å²) in [6.07, 6.45) is 6.70. The van der Waals surface area contributed by atoms with Gasteiger partial charge in [0, 0.05) is 25.9 Å². The van der Waals surface area contributed by atoms with Gasteiger partial charge in [-0.05, 0) is 62.9 Å². The lowest BCUT2D eigenvalue weighted by molar-refractivity contribution is -0.142. The first kappa shape index (κ1) is 25.9. The van der Waals surface area contributed by atoms with Gasteiger partial charge in [0.1, 0.15) is 0 Å². The van der Waals surface area contributed by atoms with E-state index in [1.54, 1.807) is 11.3 Å². The fourth-order valence-corrected chi connectivity index (χ4v) is 7.40. The number of aryl methyl sites for hydroxylation is 1. The molecule has 4 heteroatoms. The first-order valence-electron chi connectivity index (χ1n) is 12.3. The lowest BCUT2D eigenvalue weighted by Crippen LogP contribution is -2.44. The molecular formula is C29H38O2S2. The van der Waals surface area contributed by atoms with Gasteiger partial charge in [-0.1, -0.05) is 64.0 Å². The van der Waals surface area contributed by atoms with Crippen LogP contribution in [0.1, 0.15) is 88.1 Å². The highest BCUT2D eigenvalue weighted by atomic mass is 32.2.